The molecule has 0 saturated heterocycles. The van der Waals surface area contributed by atoms with Gasteiger partial charge in [0.05, 0.1) is 7.11 Å². The molecular formula is C23H24O. The van der Waals surface area contributed by atoms with E-state index in [0.717, 1.165) is 17.6 Å². The van der Waals surface area contributed by atoms with Crippen LogP contribution < -0.4 is 4.74 Å². The fraction of sp³-hybridized carbons (Fsp3) is 0.391. The molecule has 1 nitrogen and oxygen atoms in total. The van der Waals surface area contributed by atoms with Crippen LogP contribution in [0.15, 0.2) is 42.5 Å². The maximum Gasteiger partial charge on any atom is 0.122 e. The Morgan fingerprint density at radius 3 is 2.46 bits per heavy atom. The van der Waals surface area contributed by atoms with Gasteiger partial charge in [0.15, 0.2) is 0 Å². The lowest BCUT2D eigenvalue weighted by Gasteiger charge is -2.26. The van der Waals surface area contributed by atoms with Gasteiger partial charge >= 0.3 is 0 Å². The molecular weight excluding hydrogens is 292 g/mol. The zero-order chi connectivity index (χ0) is 16.3. The molecule has 0 N–H and O–H groups in total. The van der Waals surface area contributed by atoms with Gasteiger partial charge in [-0.05, 0) is 72.6 Å². The van der Waals surface area contributed by atoms with Gasteiger partial charge in [-0.3, -0.25) is 0 Å². The Balaban J connectivity index is 1.69. The van der Waals surface area contributed by atoms with Crippen molar-refractivity contribution in [3.8, 4) is 5.75 Å². The Kier molecular flexibility index (Phi) is 3.13. The van der Waals surface area contributed by atoms with E-state index in [1.807, 2.05) is 7.11 Å². The standard InChI is InChI=1S/C23H24O/c1-14-6-8-15(9-7-14)12-19-18-4-3-5-20(24-2)23(18)22-17-11-10-16(13-17)21(19)22/h3-9,12,16-17,21-22H,10-11,13H2,1-2H3/b19-12+/t16-,17+,21-,22-/m1/s1. The van der Waals surface area contributed by atoms with Crippen LogP contribution in [-0.2, 0) is 0 Å². The fourth-order valence-electron chi connectivity index (χ4n) is 5.67. The molecule has 2 bridgehead atoms. The summed E-state index contributed by atoms with van der Waals surface area (Å²) in [6.07, 6.45) is 6.68. The summed E-state index contributed by atoms with van der Waals surface area (Å²) in [7, 11) is 1.82. The Labute approximate surface area is 144 Å². The number of aryl methyl sites for hydroxylation is 1. The molecule has 5 rings (SSSR count). The van der Waals surface area contributed by atoms with Gasteiger partial charge in [0.1, 0.15) is 5.75 Å². The zero-order valence-electron chi connectivity index (χ0n) is 14.5. The molecule has 0 unspecified atom stereocenters. The second kappa shape index (κ2) is 5.24. The molecule has 0 aliphatic heterocycles. The van der Waals surface area contributed by atoms with Crippen molar-refractivity contribution in [2.45, 2.75) is 32.1 Å². The number of fused-ring (bicyclic) bond motifs is 7. The minimum atomic E-state index is 0.687. The van der Waals surface area contributed by atoms with Crippen LogP contribution in [0.4, 0.5) is 0 Å². The summed E-state index contributed by atoms with van der Waals surface area (Å²) in [6, 6.07) is 15.6. The van der Waals surface area contributed by atoms with Crippen molar-refractivity contribution >= 4 is 11.6 Å². The van der Waals surface area contributed by atoms with Crippen LogP contribution in [0.1, 0.15) is 47.4 Å². The molecule has 2 fully saturated rings. The molecule has 0 spiro atoms. The fourth-order valence-corrected chi connectivity index (χ4v) is 5.67. The first-order valence-corrected chi connectivity index (χ1v) is 9.22. The molecule has 122 valence electrons. The molecule has 0 amide bonds. The lowest BCUT2D eigenvalue weighted by Crippen LogP contribution is -2.16. The maximum absolute atomic E-state index is 5.76. The average molecular weight is 316 g/mol. The first-order chi connectivity index (χ1) is 11.8. The van der Waals surface area contributed by atoms with Crippen molar-refractivity contribution in [2.24, 2.45) is 17.8 Å². The summed E-state index contributed by atoms with van der Waals surface area (Å²) in [6.45, 7) is 2.15. The van der Waals surface area contributed by atoms with Crippen molar-refractivity contribution < 1.29 is 4.74 Å². The molecule has 0 radical (unpaired) electrons. The van der Waals surface area contributed by atoms with Crippen molar-refractivity contribution in [3.63, 3.8) is 0 Å². The molecule has 4 atom stereocenters. The predicted molar refractivity (Wildman–Crippen MR) is 99.1 cm³/mol. The highest BCUT2D eigenvalue weighted by Gasteiger charge is 2.54. The van der Waals surface area contributed by atoms with Crippen molar-refractivity contribution in [1.82, 2.24) is 0 Å². The van der Waals surface area contributed by atoms with Crippen molar-refractivity contribution in [3.05, 3.63) is 64.7 Å². The summed E-state index contributed by atoms with van der Waals surface area (Å²) >= 11 is 0. The first-order valence-electron chi connectivity index (χ1n) is 9.22. The van der Waals surface area contributed by atoms with E-state index in [-0.39, 0.29) is 0 Å². The van der Waals surface area contributed by atoms with E-state index in [2.05, 4.69) is 55.5 Å². The lowest BCUT2D eigenvalue weighted by atomic mass is 9.78. The highest BCUT2D eigenvalue weighted by molar-refractivity contribution is 5.89. The van der Waals surface area contributed by atoms with Crippen LogP contribution >= 0.6 is 0 Å². The van der Waals surface area contributed by atoms with Crippen LogP contribution in [0.25, 0.3) is 11.6 Å². The van der Waals surface area contributed by atoms with Gasteiger partial charge in [0.2, 0.25) is 0 Å². The minimum Gasteiger partial charge on any atom is -0.496 e. The maximum atomic E-state index is 5.76. The first kappa shape index (κ1) is 14.3. The number of allylic oxidation sites excluding steroid dienone is 1. The number of ether oxygens (including phenoxy) is 1. The van der Waals surface area contributed by atoms with E-state index in [0.29, 0.717) is 11.8 Å². The summed E-state index contributed by atoms with van der Waals surface area (Å²) in [5, 5.41) is 0. The third kappa shape index (κ3) is 1.94. The Hall–Kier alpha value is -2.02. The molecule has 3 aliphatic carbocycles. The van der Waals surface area contributed by atoms with Gasteiger partial charge in [0, 0.05) is 5.56 Å². The zero-order valence-corrected chi connectivity index (χ0v) is 14.5. The monoisotopic (exact) mass is 316 g/mol. The number of hydrogen-bond donors (Lipinski definition) is 0. The molecule has 1 heteroatoms. The largest absolute Gasteiger partial charge is 0.496 e. The molecule has 2 aromatic rings. The minimum absolute atomic E-state index is 0.687. The highest BCUT2D eigenvalue weighted by Crippen LogP contribution is 2.66. The van der Waals surface area contributed by atoms with E-state index in [4.69, 9.17) is 4.74 Å². The summed E-state index contributed by atoms with van der Waals surface area (Å²) < 4.78 is 5.76. The van der Waals surface area contributed by atoms with E-state index in [9.17, 15) is 0 Å². The van der Waals surface area contributed by atoms with Gasteiger partial charge in [-0.2, -0.15) is 0 Å². The van der Waals surface area contributed by atoms with Gasteiger partial charge in [-0.15, -0.1) is 0 Å². The summed E-state index contributed by atoms with van der Waals surface area (Å²) in [5.41, 5.74) is 7.15. The van der Waals surface area contributed by atoms with Gasteiger partial charge < -0.3 is 4.74 Å². The number of benzene rings is 2. The van der Waals surface area contributed by atoms with Gasteiger partial charge in [-0.25, -0.2) is 0 Å². The highest BCUT2D eigenvalue weighted by atomic mass is 16.5. The molecule has 0 aromatic heterocycles. The third-order valence-electron chi connectivity index (χ3n) is 6.61. The van der Waals surface area contributed by atoms with Gasteiger partial charge in [-0.1, -0.05) is 48.0 Å². The molecule has 0 heterocycles. The van der Waals surface area contributed by atoms with Gasteiger partial charge in [0.25, 0.3) is 0 Å². The normalized spacial score (nSPS) is 31.3. The van der Waals surface area contributed by atoms with Crippen molar-refractivity contribution in [1.29, 1.82) is 0 Å². The van der Waals surface area contributed by atoms with Crippen LogP contribution in [0.3, 0.4) is 0 Å². The quantitative estimate of drug-likeness (QED) is 0.692. The second-order valence-electron chi connectivity index (χ2n) is 7.82. The number of methoxy groups -OCH3 is 1. The molecule has 3 aliphatic rings. The molecule has 24 heavy (non-hydrogen) atoms. The Morgan fingerprint density at radius 2 is 1.71 bits per heavy atom. The average Bonchev–Trinajstić information content (AvgIpc) is 3.29. The van der Waals surface area contributed by atoms with Crippen LogP contribution in [0.5, 0.6) is 5.75 Å². The summed E-state index contributed by atoms with van der Waals surface area (Å²) in [5.74, 6) is 4.22. The summed E-state index contributed by atoms with van der Waals surface area (Å²) in [4.78, 5) is 0. The van der Waals surface area contributed by atoms with Crippen LogP contribution in [0.2, 0.25) is 0 Å². The lowest BCUT2D eigenvalue weighted by molar-refractivity contribution is 0.348. The SMILES string of the molecule is COc1cccc2c1[C@@H]1[C@H]3CC[C@H](C3)[C@@H]1/C2=C/c1ccc(C)cc1. The number of hydrogen-bond acceptors (Lipinski definition) is 1. The Bertz CT molecular complexity index is 814. The topological polar surface area (TPSA) is 9.23 Å². The van der Waals surface area contributed by atoms with E-state index in [1.165, 1.54) is 41.5 Å². The molecule has 2 saturated carbocycles. The third-order valence-corrected chi connectivity index (χ3v) is 6.61. The van der Waals surface area contributed by atoms with Crippen LogP contribution in [-0.4, -0.2) is 7.11 Å². The van der Waals surface area contributed by atoms with E-state index >= 15 is 0 Å². The predicted octanol–water partition coefficient (Wildman–Crippen LogP) is 5.69. The van der Waals surface area contributed by atoms with Crippen molar-refractivity contribution in [2.75, 3.05) is 7.11 Å². The second-order valence-corrected chi connectivity index (χ2v) is 7.82. The number of rotatable bonds is 2. The van der Waals surface area contributed by atoms with E-state index in [1.54, 1.807) is 5.57 Å². The molecule has 2 aromatic carbocycles. The Morgan fingerprint density at radius 1 is 0.958 bits per heavy atom. The van der Waals surface area contributed by atoms with Crippen LogP contribution in [0, 0.1) is 24.7 Å². The smallest absolute Gasteiger partial charge is 0.122 e. The van der Waals surface area contributed by atoms with E-state index < -0.39 is 0 Å².